The van der Waals surface area contributed by atoms with Crippen molar-refractivity contribution < 1.29 is 4.42 Å². The second kappa shape index (κ2) is 12.5. The monoisotopic (exact) mass is 676 g/mol. The average Bonchev–Trinajstić information content (AvgIpc) is 3.73. The number of rotatable bonds is 10. The molecular formula is C48H45BN2O. The number of benzene rings is 6. The number of anilines is 3. The van der Waals surface area contributed by atoms with Crippen molar-refractivity contribution in [1.82, 2.24) is 4.48 Å². The molecule has 0 saturated carbocycles. The lowest BCUT2D eigenvalue weighted by Gasteiger charge is -2.41. The molecule has 52 heavy (non-hydrogen) atoms. The minimum atomic E-state index is 0.0228. The Balaban J connectivity index is 1.37. The van der Waals surface area contributed by atoms with E-state index >= 15 is 0 Å². The van der Waals surface area contributed by atoms with Crippen molar-refractivity contribution in [3.63, 3.8) is 0 Å². The van der Waals surface area contributed by atoms with Crippen LogP contribution in [0.4, 0.5) is 17.1 Å². The summed E-state index contributed by atoms with van der Waals surface area (Å²) in [6.45, 7) is 6.93. The van der Waals surface area contributed by atoms with E-state index in [4.69, 9.17) is 4.42 Å². The molecule has 10 rings (SSSR count). The lowest BCUT2D eigenvalue weighted by Crippen LogP contribution is -2.56. The van der Waals surface area contributed by atoms with Crippen LogP contribution in [-0.4, -0.2) is 11.3 Å². The zero-order valence-corrected chi connectivity index (χ0v) is 30.6. The third-order valence-electron chi connectivity index (χ3n) is 11.8. The van der Waals surface area contributed by atoms with Crippen LogP contribution in [-0.2, 0) is 19.3 Å². The van der Waals surface area contributed by atoms with Gasteiger partial charge < -0.3 is 13.8 Å². The van der Waals surface area contributed by atoms with E-state index < -0.39 is 0 Å². The van der Waals surface area contributed by atoms with Crippen LogP contribution in [0.3, 0.4) is 0 Å². The van der Waals surface area contributed by atoms with Gasteiger partial charge in [-0.25, -0.2) is 0 Å². The van der Waals surface area contributed by atoms with E-state index in [1.165, 1.54) is 127 Å². The van der Waals surface area contributed by atoms with Gasteiger partial charge in [-0.2, -0.15) is 0 Å². The number of para-hydroxylation sites is 3. The smallest absolute Gasteiger partial charge is 0.333 e. The molecule has 0 radical (unpaired) electrons. The van der Waals surface area contributed by atoms with Crippen molar-refractivity contribution >= 4 is 78.6 Å². The van der Waals surface area contributed by atoms with Gasteiger partial charge in [0.15, 0.2) is 0 Å². The summed E-state index contributed by atoms with van der Waals surface area (Å²) in [4.78, 5) is 2.66. The Morgan fingerprint density at radius 2 is 1.27 bits per heavy atom. The van der Waals surface area contributed by atoms with Crippen molar-refractivity contribution in [2.24, 2.45) is 0 Å². The van der Waals surface area contributed by atoms with Gasteiger partial charge in [-0.1, -0.05) is 113 Å². The first-order chi connectivity index (χ1) is 25.7. The summed E-state index contributed by atoms with van der Waals surface area (Å²) in [5.74, 6) is 0. The zero-order valence-electron chi connectivity index (χ0n) is 30.6. The Morgan fingerprint density at radius 3 is 2.04 bits per heavy atom. The number of hydrogen-bond donors (Lipinski definition) is 0. The second-order valence-corrected chi connectivity index (χ2v) is 15.2. The molecule has 0 atom stereocenters. The maximum atomic E-state index is 6.83. The molecule has 6 aromatic carbocycles. The van der Waals surface area contributed by atoms with Gasteiger partial charge in [0.1, 0.15) is 11.2 Å². The highest BCUT2D eigenvalue weighted by atomic mass is 16.3. The summed E-state index contributed by atoms with van der Waals surface area (Å²) in [7, 11) is 0. The molecule has 0 saturated heterocycles. The van der Waals surface area contributed by atoms with Crippen LogP contribution in [0.25, 0.3) is 54.9 Å². The first-order valence-corrected chi connectivity index (χ1v) is 19.7. The maximum absolute atomic E-state index is 6.83. The molecule has 0 amide bonds. The summed E-state index contributed by atoms with van der Waals surface area (Å²) in [6, 6.07) is 41.8. The summed E-state index contributed by atoms with van der Waals surface area (Å²) >= 11 is 0. The van der Waals surface area contributed by atoms with Gasteiger partial charge in [0.25, 0.3) is 0 Å². The third-order valence-corrected chi connectivity index (χ3v) is 11.8. The maximum Gasteiger partial charge on any atom is 0.333 e. The van der Waals surface area contributed by atoms with Crippen molar-refractivity contribution in [3.8, 4) is 11.1 Å². The van der Waals surface area contributed by atoms with E-state index in [0.717, 1.165) is 30.4 Å². The van der Waals surface area contributed by atoms with Gasteiger partial charge >= 0.3 is 6.85 Å². The largest absolute Gasteiger partial charge is 0.456 e. The number of aryl methyl sites for hydroxylation is 3. The Morgan fingerprint density at radius 1 is 0.577 bits per heavy atom. The highest BCUT2D eigenvalue weighted by molar-refractivity contribution is 6.90. The SMILES string of the molecule is CCCCc1cc(CCCC)cc(N2c3cc(CCCC)ccc3B3c4c(cc5oc6ccccc6c5c42)-c2cccc4c5ccccc5n3c24)c1. The fourth-order valence-electron chi connectivity index (χ4n) is 9.44. The molecule has 4 heterocycles. The molecule has 2 aliphatic rings. The van der Waals surface area contributed by atoms with E-state index in [1.807, 2.05) is 0 Å². The Labute approximate surface area is 307 Å². The van der Waals surface area contributed by atoms with Gasteiger partial charge in [0, 0.05) is 44.1 Å². The third kappa shape index (κ3) is 4.66. The minimum absolute atomic E-state index is 0.0228. The number of furan rings is 1. The molecule has 0 fully saturated rings. The van der Waals surface area contributed by atoms with Crippen LogP contribution in [0, 0.1) is 0 Å². The molecule has 0 aliphatic carbocycles. The number of aromatic nitrogens is 1. The average molecular weight is 677 g/mol. The molecule has 2 aromatic heterocycles. The quantitative estimate of drug-likeness (QED) is 0.134. The van der Waals surface area contributed by atoms with Crippen molar-refractivity contribution in [2.75, 3.05) is 4.90 Å². The van der Waals surface area contributed by atoms with E-state index in [-0.39, 0.29) is 6.85 Å². The summed E-state index contributed by atoms with van der Waals surface area (Å²) in [5.41, 5.74) is 18.0. The van der Waals surface area contributed by atoms with Gasteiger partial charge in [0.05, 0.1) is 11.1 Å². The van der Waals surface area contributed by atoms with Gasteiger partial charge in [-0.05, 0) is 108 Å². The van der Waals surface area contributed by atoms with Crippen LogP contribution < -0.4 is 15.8 Å². The highest BCUT2D eigenvalue weighted by Crippen LogP contribution is 2.50. The van der Waals surface area contributed by atoms with Crippen molar-refractivity contribution in [1.29, 1.82) is 0 Å². The standard InChI is InChI=1S/C48H45BN2O/c1-4-7-15-31-24-25-40-42(29-31)50(34-27-32(16-8-5-2)26-33(28-34)17-9-6-3)48-45-38-19-11-13-23-43(38)52-44(45)30-39-37-21-14-20-36-35-18-10-12-22-41(35)51(47(36)37)49(40)46(39)48/h10-14,18-30H,4-9,15-17H2,1-3H3. The van der Waals surface area contributed by atoms with Gasteiger partial charge in [-0.3, -0.25) is 0 Å². The van der Waals surface area contributed by atoms with Crippen LogP contribution in [0.2, 0.25) is 0 Å². The van der Waals surface area contributed by atoms with Gasteiger partial charge in [-0.15, -0.1) is 0 Å². The van der Waals surface area contributed by atoms with Gasteiger partial charge in [0.2, 0.25) is 0 Å². The predicted octanol–water partition coefficient (Wildman–Crippen LogP) is 12.1. The lowest BCUT2D eigenvalue weighted by molar-refractivity contribution is 0.669. The van der Waals surface area contributed by atoms with Crippen LogP contribution in [0.5, 0.6) is 0 Å². The molecule has 3 nitrogen and oxygen atoms in total. The Bertz CT molecular complexity index is 2650. The van der Waals surface area contributed by atoms with Crippen molar-refractivity contribution in [3.05, 3.63) is 126 Å². The van der Waals surface area contributed by atoms with E-state index in [9.17, 15) is 0 Å². The highest BCUT2D eigenvalue weighted by Gasteiger charge is 2.44. The van der Waals surface area contributed by atoms with E-state index in [0.29, 0.717) is 0 Å². The fourth-order valence-corrected chi connectivity index (χ4v) is 9.44. The molecule has 0 bridgehead atoms. The second-order valence-electron chi connectivity index (χ2n) is 15.2. The normalized spacial score (nSPS) is 13.1. The molecule has 2 aliphatic heterocycles. The summed E-state index contributed by atoms with van der Waals surface area (Å²) in [6.07, 6.45) is 10.4. The molecule has 256 valence electrons. The topological polar surface area (TPSA) is 21.3 Å². The summed E-state index contributed by atoms with van der Waals surface area (Å²) < 4.78 is 9.51. The Hall–Kier alpha value is -5.22. The molecule has 4 heteroatoms. The number of hydrogen-bond acceptors (Lipinski definition) is 2. The summed E-state index contributed by atoms with van der Waals surface area (Å²) in [5, 5.41) is 5.03. The molecule has 0 unspecified atom stereocenters. The molecule has 8 aromatic rings. The number of fused-ring (bicyclic) bond motifs is 11. The molecular weight excluding hydrogens is 631 g/mol. The first-order valence-electron chi connectivity index (χ1n) is 19.7. The molecule has 0 N–H and O–H groups in total. The number of nitrogens with zero attached hydrogens (tertiary/aromatic N) is 2. The van der Waals surface area contributed by atoms with Crippen LogP contribution in [0.15, 0.2) is 114 Å². The van der Waals surface area contributed by atoms with Crippen LogP contribution in [0.1, 0.15) is 76.0 Å². The predicted molar refractivity (Wildman–Crippen MR) is 223 cm³/mol. The minimum Gasteiger partial charge on any atom is -0.456 e. The van der Waals surface area contributed by atoms with Crippen LogP contribution >= 0.6 is 0 Å². The lowest BCUT2D eigenvalue weighted by atomic mass is 9.45. The number of unbranched alkanes of at least 4 members (excludes halogenated alkanes) is 3. The van der Waals surface area contributed by atoms with Crippen molar-refractivity contribution in [2.45, 2.75) is 78.6 Å². The van der Waals surface area contributed by atoms with E-state index in [1.54, 1.807) is 0 Å². The molecule has 0 spiro atoms. The fraction of sp³-hybridized carbons (Fsp3) is 0.250. The first kappa shape index (κ1) is 31.5. The Kier molecular flexibility index (Phi) is 7.56. The van der Waals surface area contributed by atoms with E-state index in [2.05, 4.69) is 139 Å². The zero-order chi connectivity index (χ0) is 34.9.